The van der Waals surface area contributed by atoms with Crippen molar-refractivity contribution in [2.75, 3.05) is 39.3 Å². The van der Waals surface area contributed by atoms with Gasteiger partial charge < -0.3 is 9.64 Å². The lowest BCUT2D eigenvalue weighted by molar-refractivity contribution is -0.0608. The molecular weight excluding hydrogens is 243 g/mol. The van der Waals surface area contributed by atoms with Crippen molar-refractivity contribution in [1.29, 1.82) is 0 Å². The van der Waals surface area contributed by atoms with Gasteiger partial charge in [0.2, 0.25) is 0 Å². The zero-order valence-corrected chi connectivity index (χ0v) is 12.9. The van der Waals surface area contributed by atoms with Gasteiger partial charge in [-0.05, 0) is 44.7 Å². The summed E-state index contributed by atoms with van der Waals surface area (Å²) in [5, 5.41) is 0.895. The Bertz CT molecular complexity index is 190. The lowest BCUT2D eigenvalue weighted by Gasteiger charge is -2.31. The van der Waals surface area contributed by atoms with Crippen molar-refractivity contribution >= 4 is 0 Å². The molecule has 2 rings (SSSR count). The van der Waals surface area contributed by atoms with Gasteiger partial charge in [0, 0.05) is 19.6 Å². The second-order valence-electron chi connectivity index (χ2n) is 5.50. The molecule has 2 fully saturated rings. The summed E-state index contributed by atoms with van der Waals surface area (Å²) in [6.07, 6.45) is 4.60. The van der Waals surface area contributed by atoms with E-state index in [1.807, 2.05) is 13.8 Å². The summed E-state index contributed by atoms with van der Waals surface area (Å²) in [5.41, 5.74) is 0. The van der Waals surface area contributed by atoms with Crippen LogP contribution < -0.4 is 0 Å². The number of nitrogens with zero attached hydrogens (tertiary/aromatic N) is 2. The van der Waals surface area contributed by atoms with Gasteiger partial charge in [0.15, 0.2) is 0 Å². The molecule has 0 aromatic rings. The molecule has 2 aliphatic rings. The molecule has 0 amide bonds. The van der Waals surface area contributed by atoms with Crippen LogP contribution in [-0.2, 0) is 4.74 Å². The Labute approximate surface area is 118 Å². The maximum atomic E-state index is 12.8. The third kappa shape index (κ3) is 6.68. The number of piperidine rings is 2. The fraction of sp³-hybridized carbons (Fsp3) is 1.00. The van der Waals surface area contributed by atoms with Crippen molar-refractivity contribution in [3.05, 3.63) is 0 Å². The van der Waals surface area contributed by atoms with E-state index in [2.05, 4.69) is 11.8 Å². The van der Waals surface area contributed by atoms with Gasteiger partial charge in [0.1, 0.15) is 0 Å². The van der Waals surface area contributed by atoms with Crippen molar-refractivity contribution in [3.8, 4) is 0 Å². The van der Waals surface area contributed by atoms with E-state index in [1.165, 1.54) is 25.9 Å². The van der Waals surface area contributed by atoms with Gasteiger partial charge in [-0.25, -0.2) is 0 Å². The highest BCUT2D eigenvalue weighted by molar-refractivity contribution is 4.71. The Morgan fingerprint density at radius 1 is 1.00 bits per heavy atom. The van der Waals surface area contributed by atoms with E-state index < -0.39 is 0 Å². The number of hydrogen-bond acceptors (Lipinski definition) is 3. The second kappa shape index (κ2) is 9.67. The fourth-order valence-corrected chi connectivity index (χ4v) is 2.63. The molecule has 3 nitrogen and oxygen atoms in total. The summed E-state index contributed by atoms with van der Waals surface area (Å²) in [5.74, 6) is 0.890. The summed E-state index contributed by atoms with van der Waals surface area (Å²) in [4.78, 5) is 2.49. The first kappa shape index (κ1) is 16.9. The maximum absolute atomic E-state index is 12.8. The summed E-state index contributed by atoms with van der Waals surface area (Å²) in [7, 11) is 0. The van der Waals surface area contributed by atoms with Gasteiger partial charge in [-0.3, -0.25) is 0 Å². The van der Waals surface area contributed by atoms with E-state index in [-0.39, 0.29) is 6.10 Å². The second-order valence-corrected chi connectivity index (χ2v) is 5.50. The molecule has 19 heavy (non-hydrogen) atoms. The molecule has 0 bridgehead atoms. The quantitative estimate of drug-likeness (QED) is 0.733. The zero-order chi connectivity index (χ0) is 14.1. The van der Waals surface area contributed by atoms with Crippen LogP contribution in [0, 0.1) is 5.92 Å². The summed E-state index contributed by atoms with van der Waals surface area (Å²) >= 11 is 0. The van der Waals surface area contributed by atoms with Crippen LogP contribution in [0.3, 0.4) is 0 Å². The average Bonchev–Trinajstić information content (AvgIpc) is 2.45. The first-order valence-corrected chi connectivity index (χ1v) is 7.98. The average molecular weight is 274 g/mol. The van der Waals surface area contributed by atoms with Crippen LogP contribution in [0.5, 0.6) is 0 Å². The smallest absolute Gasteiger partial charge is 0.0602 e. The van der Waals surface area contributed by atoms with Crippen molar-refractivity contribution in [3.63, 3.8) is 0 Å². The SMILES string of the molecule is CC.CC1CCN(CCOC2CCN(F)CC2)CC1. The molecule has 0 atom stereocenters. The van der Waals surface area contributed by atoms with Gasteiger partial charge in [0.25, 0.3) is 0 Å². The number of halogens is 1. The number of rotatable bonds is 4. The van der Waals surface area contributed by atoms with Crippen LogP contribution in [-0.4, -0.2) is 55.5 Å². The number of ether oxygens (including phenoxy) is 1. The highest BCUT2D eigenvalue weighted by atomic mass is 19.2. The molecule has 2 saturated heterocycles. The van der Waals surface area contributed by atoms with Gasteiger partial charge in [-0.2, -0.15) is 0 Å². The summed E-state index contributed by atoms with van der Waals surface area (Å²) in [6, 6.07) is 0. The van der Waals surface area contributed by atoms with Crippen molar-refractivity contribution in [1.82, 2.24) is 10.0 Å². The van der Waals surface area contributed by atoms with Crippen LogP contribution in [0.1, 0.15) is 46.5 Å². The van der Waals surface area contributed by atoms with E-state index >= 15 is 0 Å². The highest BCUT2D eigenvalue weighted by Crippen LogP contribution is 2.16. The fourth-order valence-electron chi connectivity index (χ4n) is 2.63. The molecule has 0 aromatic carbocycles. The minimum Gasteiger partial charge on any atom is -0.377 e. The Kier molecular flexibility index (Phi) is 8.58. The monoisotopic (exact) mass is 274 g/mol. The predicted octanol–water partition coefficient (Wildman–Crippen LogP) is 3.11. The minimum atomic E-state index is 0.283. The molecule has 0 unspecified atom stereocenters. The molecule has 0 aliphatic carbocycles. The Hall–Kier alpha value is -0.190. The zero-order valence-electron chi connectivity index (χ0n) is 12.9. The Morgan fingerprint density at radius 3 is 2.16 bits per heavy atom. The molecule has 2 heterocycles. The molecule has 0 N–H and O–H groups in total. The summed E-state index contributed by atoms with van der Waals surface area (Å²) < 4.78 is 18.6. The standard InChI is InChI=1S/C13H25FN2O.C2H6/c1-12-2-6-15(7-3-12)10-11-17-13-4-8-16(14)9-5-13;1-2/h12-13H,2-11H2,1H3;1-2H3. The normalized spacial score (nSPS) is 24.0. The summed E-state index contributed by atoms with van der Waals surface area (Å²) in [6.45, 7) is 11.7. The van der Waals surface area contributed by atoms with Crippen LogP contribution in [0.15, 0.2) is 0 Å². The van der Waals surface area contributed by atoms with Gasteiger partial charge in [-0.15, -0.1) is 9.60 Å². The van der Waals surface area contributed by atoms with Crippen molar-refractivity contribution in [2.45, 2.75) is 52.6 Å². The van der Waals surface area contributed by atoms with Gasteiger partial charge >= 0.3 is 0 Å². The molecule has 0 saturated carbocycles. The maximum Gasteiger partial charge on any atom is 0.0602 e. The largest absolute Gasteiger partial charge is 0.377 e. The van der Waals surface area contributed by atoms with E-state index in [1.54, 1.807) is 0 Å². The van der Waals surface area contributed by atoms with Gasteiger partial charge in [-0.1, -0.05) is 20.8 Å². The lowest BCUT2D eigenvalue weighted by atomic mass is 9.99. The Morgan fingerprint density at radius 2 is 1.58 bits per heavy atom. The lowest BCUT2D eigenvalue weighted by Crippen LogP contribution is -2.37. The van der Waals surface area contributed by atoms with Crippen molar-refractivity contribution < 1.29 is 9.22 Å². The number of likely N-dealkylation sites (tertiary alicyclic amines) is 1. The van der Waals surface area contributed by atoms with Crippen LogP contribution >= 0.6 is 0 Å². The van der Waals surface area contributed by atoms with Crippen molar-refractivity contribution in [2.24, 2.45) is 5.92 Å². The van der Waals surface area contributed by atoms with Crippen LogP contribution in [0.2, 0.25) is 0 Å². The predicted molar refractivity (Wildman–Crippen MR) is 77.8 cm³/mol. The molecule has 2 aliphatic heterocycles. The van der Waals surface area contributed by atoms with E-state index in [9.17, 15) is 4.48 Å². The molecule has 0 aromatic heterocycles. The van der Waals surface area contributed by atoms with E-state index in [4.69, 9.17) is 4.74 Å². The van der Waals surface area contributed by atoms with E-state index in [0.29, 0.717) is 13.1 Å². The van der Waals surface area contributed by atoms with Crippen LogP contribution in [0.4, 0.5) is 4.48 Å². The Balaban J connectivity index is 0.000000861. The molecule has 0 spiro atoms. The first-order chi connectivity index (χ1) is 9.24. The molecule has 114 valence electrons. The molecular formula is C15H31FN2O. The minimum absolute atomic E-state index is 0.283. The number of hydrogen-bond donors (Lipinski definition) is 0. The third-order valence-corrected chi connectivity index (χ3v) is 4.02. The highest BCUT2D eigenvalue weighted by Gasteiger charge is 2.20. The molecule has 0 radical (unpaired) electrons. The molecule has 4 heteroatoms. The van der Waals surface area contributed by atoms with Crippen LogP contribution in [0.25, 0.3) is 0 Å². The topological polar surface area (TPSA) is 15.7 Å². The van der Waals surface area contributed by atoms with E-state index in [0.717, 1.165) is 37.0 Å². The van der Waals surface area contributed by atoms with Gasteiger partial charge in [0.05, 0.1) is 12.7 Å². The third-order valence-electron chi connectivity index (χ3n) is 4.02. The first-order valence-electron chi connectivity index (χ1n) is 7.98.